The van der Waals surface area contributed by atoms with Crippen LogP contribution in [-0.2, 0) is 4.79 Å². The van der Waals surface area contributed by atoms with Crippen molar-refractivity contribution in [1.82, 2.24) is 25.1 Å². The average molecular weight is 305 g/mol. The predicted molar refractivity (Wildman–Crippen MR) is 86.5 cm³/mol. The summed E-state index contributed by atoms with van der Waals surface area (Å²) in [5.74, 6) is 0.551. The number of hydrogen-bond donors (Lipinski definition) is 1. The third-order valence-electron chi connectivity index (χ3n) is 4.69. The fourth-order valence-corrected chi connectivity index (χ4v) is 3.32. The molecule has 1 fully saturated rings. The van der Waals surface area contributed by atoms with Crippen LogP contribution in [0.5, 0.6) is 0 Å². The second-order valence-electron chi connectivity index (χ2n) is 6.24. The van der Waals surface area contributed by atoms with Crippen LogP contribution in [0.4, 0.5) is 0 Å². The number of H-pyrrole nitrogens is 1. The minimum Gasteiger partial charge on any atom is -0.334 e. The molecule has 0 radical (unpaired) electrons. The van der Waals surface area contributed by atoms with Crippen LogP contribution in [0.1, 0.15) is 18.4 Å². The first-order valence-electron chi connectivity index (χ1n) is 7.86. The number of hydrogen-bond acceptors (Lipinski definition) is 4. The van der Waals surface area contributed by atoms with Crippen LogP contribution < -0.4 is 0 Å². The van der Waals surface area contributed by atoms with Gasteiger partial charge in [0.25, 0.3) is 0 Å². The maximum atomic E-state index is 12.3. The van der Waals surface area contributed by atoms with Crippen molar-refractivity contribution in [3.8, 4) is 0 Å². The molecule has 0 spiro atoms. The lowest BCUT2D eigenvalue weighted by molar-refractivity contribution is -0.131. The van der Waals surface area contributed by atoms with Crippen LogP contribution >= 0.6 is 0 Å². The van der Waals surface area contributed by atoms with Gasteiger partial charge in [-0.25, -0.2) is 9.97 Å². The Kier molecular flexibility index (Phi) is 2.56. The van der Waals surface area contributed by atoms with E-state index in [2.05, 4.69) is 26.2 Å². The zero-order valence-electron chi connectivity index (χ0n) is 12.5. The highest BCUT2D eigenvalue weighted by atomic mass is 16.2. The monoisotopic (exact) mass is 305 g/mol. The van der Waals surface area contributed by atoms with E-state index < -0.39 is 0 Å². The summed E-state index contributed by atoms with van der Waals surface area (Å²) in [6.07, 6.45) is 9.60. The van der Waals surface area contributed by atoms with Crippen molar-refractivity contribution in [2.24, 2.45) is 5.92 Å². The zero-order chi connectivity index (χ0) is 15.4. The molecule has 4 heterocycles. The van der Waals surface area contributed by atoms with Crippen LogP contribution in [-0.4, -0.2) is 44.1 Å². The van der Waals surface area contributed by atoms with Crippen molar-refractivity contribution in [2.45, 2.75) is 12.8 Å². The Bertz CT molecular complexity index is 969. The summed E-state index contributed by atoms with van der Waals surface area (Å²) in [5, 5.41) is 9.34. The molecule has 0 atom stereocenters. The fourth-order valence-electron chi connectivity index (χ4n) is 3.32. The Morgan fingerprint density at radius 3 is 3.04 bits per heavy atom. The standard InChI is InChI=1S/C17H15N5O/c23-17(10-1-2-10)22-6-4-11(9-22)13-7-20-21-14-8-19-16-12(15(13)14)3-5-18-16/h3-5,7-8,10,21H,1-2,6,9H2. The first-order valence-corrected chi connectivity index (χ1v) is 7.86. The Morgan fingerprint density at radius 1 is 1.26 bits per heavy atom. The quantitative estimate of drug-likeness (QED) is 0.787. The summed E-state index contributed by atoms with van der Waals surface area (Å²) < 4.78 is 0. The molecule has 114 valence electrons. The number of fused-ring (bicyclic) bond motifs is 3. The van der Waals surface area contributed by atoms with E-state index in [4.69, 9.17) is 0 Å². The van der Waals surface area contributed by atoms with Crippen molar-refractivity contribution < 1.29 is 4.79 Å². The topological polar surface area (TPSA) is 74.8 Å². The number of nitrogens with one attached hydrogen (secondary N) is 1. The van der Waals surface area contributed by atoms with E-state index in [0.29, 0.717) is 13.1 Å². The first kappa shape index (κ1) is 12.8. The van der Waals surface area contributed by atoms with Crippen molar-refractivity contribution in [3.05, 3.63) is 36.3 Å². The summed E-state index contributed by atoms with van der Waals surface area (Å²) >= 11 is 0. The summed E-state index contributed by atoms with van der Waals surface area (Å²) in [6, 6.07) is 1.98. The molecule has 1 aliphatic carbocycles. The van der Waals surface area contributed by atoms with E-state index in [0.717, 1.165) is 45.9 Å². The second kappa shape index (κ2) is 4.62. The largest absolute Gasteiger partial charge is 0.334 e. The lowest BCUT2D eigenvalue weighted by Crippen LogP contribution is -2.30. The van der Waals surface area contributed by atoms with Gasteiger partial charge < -0.3 is 4.90 Å². The number of rotatable bonds is 2. The van der Waals surface area contributed by atoms with E-state index in [9.17, 15) is 4.79 Å². The molecule has 1 saturated carbocycles. The molecule has 1 N–H and O–H groups in total. The van der Waals surface area contributed by atoms with Crippen molar-refractivity contribution in [1.29, 1.82) is 0 Å². The summed E-state index contributed by atoms with van der Waals surface area (Å²) in [4.78, 5) is 22.8. The van der Waals surface area contributed by atoms with Crippen LogP contribution in [0, 0.1) is 5.92 Å². The molecule has 3 aromatic heterocycles. The van der Waals surface area contributed by atoms with E-state index in [1.54, 1.807) is 12.4 Å². The molecule has 0 saturated heterocycles. The van der Waals surface area contributed by atoms with Gasteiger partial charge in [-0.2, -0.15) is 5.10 Å². The normalized spacial score (nSPS) is 17.9. The molecule has 0 unspecified atom stereocenters. The lowest BCUT2D eigenvalue weighted by Gasteiger charge is -2.16. The highest BCUT2D eigenvalue weighted by Crippen LogP contribution is 2.35. The highest BCUT2D eigenvalue weighted by molar-refractivity contribution is 6.08. The minimum atomic E-state index is 0.261. The van der Waals surface area contributed by atoms with Crippen molar-refractivity contribution in [2.75, 3.05) is 13.1 Å². The summed E-state index contributed by atoms with van der Waals surface area (Å²) in [5.41, 5.74) is 3.84. The third kappa shape index (κ3) is 1.94. The maximum Gasteiger partial charge on any atom is 0.226 e. The van der Waals surface area contributed by atoms with Crippen LogP contribution in [0.2, 0.25) is 0 Å². The van der Waals surface area contributed by atoms with Gasteiger partial charge in [-0.3, -0.25) is 9.89 Å². The Hall–Kier alpha value is -2.76. The third-order valence-corrected chi connectivity index (χ3v) is 4.69. The molecular weight excluding hydrogens is 290 g/mol. The number of aromatic amines is 1. The number of nitrogens with zero attached hydrogens (tertiary/aromatic N) is 4. The molecule has 6 nitrogen and oxygen atoms in total. The van der Waals surface area contributed by atoms with Gasteiger partial charge in [0, 0.05) is 41.5 Å². The van der Waals surface area contributed by atoms with Gasteiger partial charge in [0.05, 0.1) is 17.9 Å². The number of carbonyl (C=O) groups excluding carboxylic acids is 1. The molecule has 2 aliphatic rings. The van der Waals surface area contributed by atoms with Crippen LogP contribution in [0.15, 0.2) is 30.7 Å². The molecule has 3 aromatic rings. The van der Waals surface area contributed by atoms with E-state index in [-0.39, 0.29) is 11.8 Å². The average Bonchev–Trinajstić information content (AvgIpc) is 3.12. The summed E-state index contributed by atoms with van der Waals surface area (Å²) in [7, 11) is 0. The molecule has 23 heavy (non-hydrogen) atoms. The number of amides is 1. The number of pyridine rings is 1. The molecule has 5 rings (SSSR count). The number of carbonyl (C=O) groups is 1. The van der Waals surface area contributed by atoms with Crippen molar-refractivity contribution >= 4 is 33.4 Å². The molecule has 1 amide bonds. The van der Waals surface area contributed by atoms with Gasteiger partial charge in [0.15, 0.2) is 5.65 Å². The number of aromatic nitrogens is 4. The Balaban J connectivity index is 1.60. The van der Waals surface area contributed by atoms with Gasteiger partial charge in [-0.1, -0.05) is 6.08 Å². The Morgan fingerprint density at radius 2 is 2.17 bits per heavy atom. The zero-order valence-corrected chi connectivity index (χ0v) is 12.5. The molecule has 0 bridgehead atoms. The molecule has 0 aromatic carbocycles. The minimum absolute atomic E-state index is 0.261. The first-order chi connectivity index (χ1) is 11.3. The SMILES string of the molecule is O=C(C1CC1)N1CC=C(c2cn[nH]c3cnc4nccc4c23)C1. The van der Waals surface area contributed by atoms with Gasteiger partial charge in [0.2, 0.25) is 5.91 Å². The van der Waals surface area contributed by atoms with Gasteiger partial charge >= 0.3 is 0 Å². The molecule has 1 aliphatic heterocycles. The molecule has 6 heteroatoms. The van der Waals surface area contributed by atoms with Gasteiger partial charge in [-0.05, 0) is 24.5 Å². The van der Waals surface area contributed by atoms with E-state index >= 15 is 0 Å². The fraction of sp³-hybridized carbons (Fsp3) is 0.294. The van der Waals surface area contributed by atoms with Crippen LogP contribution in [0.25, 0.3) is 27.5 Å². The van der Waals surface area contributed by atoms with E-state index in [1.807, 2.05) is 17.2 Å². The smallest absolute Gasteiger partial charge is 0.226 e. The maximum absolute atomic E-state index is 12.3. The van der Waals surface area contributed by atoms with Crippen molar-refractivity contribution in [3.63, 3.8) is 0 Å². The van der Waals surface area contributed by atoms with Gasteiger partial charge in [0.1, 0.15) is 0 Å². The molecular formula is C17H15N5O. The van der Waals surface area contributed by atoms with Crippen LogP contribution in [0.3, 0.4) is 0 Å². The predicted octanol–water partition coefficient (Wildman–Crippen LogP) is 2.14. The Labute approximate surface area is 132 Å². The summed E-state index contributed by atoms with van der Waals surface area (Å²) in [6.45, 7) is 1.35. The van der Waals surface area contributed by atoms with Gasteiger partial charge in [-0.15, -0.1) is 0 Å². The van der Waals surface area contributed by atoms with E-state index in [1.165, 1.54) is 0 Å². The highest BCUT2D eigenvalue weighted by Gasteiger charge is 2.35. The second-order valence-corrected chi connectivity index (χ2v) is 6.24. The lowest BCUT2D eigenvalue weighted by atomic mass is 10.0.